The number of benzene rings is 3. The monoisotopic (exact) mass is 413 g/mol. The van der Waals surface area contributed by atoms with Gasteiger partial charge in [-0.2, -0.15) is 5.26 Å². The Morgan fingerprint density at radius 3 is 2.77 bits per heavy atom. The van der Waals surface area contributed by atoms with Gasteiger partial charge in [-0.25, -0.2) is 4.98 Å². The van der Waals surface area contributed by atoms with Crippen LogP contribution in [0.3, 0.4) is 0 Å². The van der Waals surface area contributed by atoms with Crippen molar-refractivity contribution < 1.29 is 9.53 Å². The molecule has 0 aliphatic rings. The number of nitrogens with one attached hydrogen (secondary N) is 1. The minimum Gasteiger partial charge on any atom is -0.494 e. The van der Waals surface area contributed by atoms with Crippen LogP contribution in [0.15, 0.2) is 71.8 Å². The predicted molar refractivity (Wildman–Crippen MR) is 121 cm³/mol. The van der Waals surface area contributed by atoms with Gasteiger partial charge in [-0.15, -0.1) is 0 Å². The molecule has 0 saturated heterocycles. The van der Waals surface area contributed by atoms with Crippen LogP contribution in [0.4, 0.5) is 5.69 Å². The summed E-state index contributed by atoms with van der Waals surface area (Å²) in [6.07, 6.45) is 0. The fourth-order valence-corrected chi connectivity index (χ4v) is 3.99. The third-order valence-corrected chi connectivity index (χ3v) is 5.58. The van der Waals surface area contributed by atoms with Crippen LogP contribution in [0, 0.1) is 11.3 Å². The Labute approximate surface area is 178 Å². The Morgan fingerprint density at radius 1 is 1.10 bits per heavy atom. The van der Waals surface area contributed by atoms with E-state index in [-0.39, 0.29) is 11.7 Å². The van der Waals surface area contributed by atoms with Crippen molar-refractivity contribution in [3.05, 3.63) is 72.3 Å². The molecule has 4 rings (SSSR count). The minimum absolute atomic E-state index is 0.148. The minimum atomic E-state index is -0.148. The smallest absolute Gasteiger partial charge is 0.234 e. The lowest BCUT2D eigenvalue weighted by molar-refractivity contribution is -0.113. The molecular weight excluding hydrogens is 394 g/mol. The number of hydrogen-bond acceptors (Lipinski definition) is 5. The maximum Gasteiger partial charge on any atom is 0.234 e. The zero-order valence-electron chi connectivity index (χ0n) is 16.4. The average Bonchev–Trinajstić information content (AvgIpc) is 2.77. The van der Waals surface area contributed by atoms with Crippen LogP contribution >= 0.6 is 11.8 Å². The second-order valence-corrected chi connectivity index (χ2v) is 7.57. The molecule has 1 N–H and O–H groups in total. The van der Waals surface area contributed by atoms with Gasteiger partial charge >= 0.3 is 0 Å². The Bertz CT molecular complexity index is 1280. The second-order valence-electron chi connectivity index (χ2n) is 6.60. The van der Waals surface area contributed by atoms with Gasteiger partial charge in [0.2, 0.25) is 5.91 Å². The van der Waals surface area contributed by atoms with E-state index in [0.29, 0.717) is 17.2 Å². The van der Waals surface area contributed by atoms with E-state index in [4.69, 9.17) is 4.74 Å². The number of fused-ring (bicyclic) bond motifs is 2. The molecule has 148 valence electrons. The van der Waals surface area contributed by atoms with E-state index in [0.717, 1.165) is 33.1 Å². The number of aromatic nitrogens is 1. The molecule has 0 bridgehead atoms. The molecule has 0 radical (unpaired) electrons. The zero-order valence-corrected chi connectivity index (χ0v) is 17.2. The number of anilines is 1. The molecule has 1 aromatic heterocycles. The third-order valence-electron chi connectivity index (χ3n) is 4.59. The van der Waals surface area contributed by atoms with Crippen molar-refractivity contribution in [3.8, 4) is 11.8 Å². The number of pyridine rings is 1. The summed E-state index contributed by atoms with van der Waals surface area (Å²) >= 11 is 1.25. The molecule has 0 saturated carbocycles. The van der Waals surface area contributed by atoms with E-state index in [9.17, 15) is 10.1 Å². The van der Waals surface area contributed by atoms with Crippen LogP contribution in [0.25, 0.3) is 21.7 Å². The molecule has 6 heteroatoms. The number of carbonyl (C=O) groups excluding carboxylic acids is 1. The van der Waals surface area contributed by atoms with Crippen LogP contribution in [0.2, 0.25) is 0 Å². The summed E-state index contributed by atoms with van der Waals surface area (Å²) in [4.78, 5) is 17.2. The van der Waals surface area contributed by atoms with Gasteiger partial charge in [0, 0.05) is 22.5 Å². The number of rotatable bonds is 6. The average molecular weight is 414 g/mol. The van der Waals surface area contributed by atoms with Gasteiger partial charge < -0.3 is 10.1 Å². The maximum absolute atomic E-state index is 12.6. The van der Waals surface area contributed by atoms with Crippen LogP contribution in [0.1, 0.15) is 12.5 Å². The first kappa shape index (κ1) is 19.7. The number of nitriles is 1. The molecule has 4 aromatic rings. The van der Waals surface area contributed by atoms with E-state index >= 15 is 0 Å². The maximum atomic E-state index is 12.6. The lowest BCUT2D eigenvalue weighted by Crippen LogP contribution is -2.14. The molecule has 0 fully saturated rings. The molecule has 3 aromatic carbocycles. The van der Waals surface area contributed by atoms with Crippen LogP contribution < -0.4 is 10.1 Å². The SMILES string of the molecule is CCOc1ccc2cc(C#N)c(SCC(=O)Nc3cccc4ccccc34)nc2c1. The lowest BCUT2D eigenvalue weighted by atomic mass is 10.1. The Hall–Kier alpha value is -3.56. The summed E-state index contributed by atoms with van der Waals surface area (Å²) in [7, 11) is 0. The quantitative estimate of drug-likeness (QED) is 0.429. The zero-order chi connectivity index (χ0) is 20.9. The highest BCUT2D eigenvalue weighted by Crippen LogP contribution is 2.28. The summed E-state index contributed by atoms with van der Waals surface area (Å²) in [5.41, 5.74) is 1.96. The van der Waals surface area contributed by atoms with Crippen molar-refractivity contribution in [3.63, 3.8) is 0 Å². The summed E-state index contributed by atoms with van der Waals surface area (Å²) < 4.78 is 5.53. The van der Waals surface area contributed by atoms with Crippen LogP contribution in [-0.2, 0) is 4.79 Å². The fourth-order valence-electron chi connectivity index (χ4n) is 3.23. The number of hydrogen-bond donors (Lipinski definition) is 1. The normalized spacial score (nSPS) is 10.7. The van der Waals surface area contributed by atoms with Gasteiger partial charge in [0.05, 0.1) is 23.4 Å². The van der Waals surface area contributed by atoms with E-state index < -0.39 is 0 Å². The van der Waals surface area contributed by atoms with Gasteiger partial charge in [-0.3, -0.25) is 4.79 Å². The Kier molecular flexibility index (Phi) is 5.82. The Morgan fingerprint density at radius 2 is 1.93 bits per heavy atom. The summed E-state index contributed by atoms with van der Waals surface area (Å²) in [6.45, 7) is 2.49. The Balaban J connectivity index is 1.53. The molecule has 30 heavy (non-hydrogen) atoms. The molecule has 0 spiro atoms. The number of carbonyl (C=O) groups is 1. The highest BCUT2D eigenvalue weighted by molar-refractivity contribution is 8.00. The topological polar surface area (TPSA) is 75.0 Å². The number of thioether (sulfide) groups is 1. The molecule has 1 amide bonds. The lowest BCUT2D eigenvalue weighted by Gasteiger charge is -2.10. The van der Waals surface area contributed by atoms with Crippen molar-refractivity contribution in [1.29, 1.82) is 5.26 Å². The highest BCUT2D eigenvalue weighted by atomic mass is 32.2. The fraction of sp³-hybridized carbons (Fsp3) is 0.125. The summed E-state index contributed by atoms with van der Waals surface area (Å²) in [5.74, 6) is 0.735. The van der Waals surface area contributed by atoms with Crippen molar-refractivity contribution >= 4 is 45.0 Å². The summed E-state index contributed by atoms with van der Waals surface area (Å²) in [5, 5.41) is 15.9. The van der Waals surface area contributed by atoms with Gasteiger partial charge in [0.25, 0.3) is 0 Å². The van der Waals surface area contributed by atoms with E-state index in [1.54, 1.807) is 6.07 Å². The standard InChI is InChI=1S/C24H19N3O2S/c1-2-29-19-11-10-17-12-18(14-25)24(27-22(17)13-19)30-15-23(28)26-21-9-5-7-16-6-3-4-8-20(16)21/h3-13H,2,15H2,1H3,(H,26,28). The van der Waals surface area contributed by atoms with Crippen molar-refractivity contribution in [2.75, 3.05) is 17.7 Å². The molecule has 0 atom stereocenters. The van der Waals surface area contributed by atoms with Crippen molar-refractivity contribution in [2.45, 2.75) is 11.9 Å². The number of nitrogens with zero attached hydrogens (tertiary/aromatic N) is 2. The highest BCUT2D eigenvalue weighted by Gasteiger charge is 2.12. The molecular formula is C24H19N3O2S. The first-order chi connectivity index (χ1) is 14.7. The van der Waals surface area contributed by atoms with E-state index in [1.165, 1.54) is 11.8 Å². The molecule has 0 aliphatic heterocycles. The van der Waals surface area contributed by atoms with Crippen molar-refractivity contribution in [2.24, 2.45) is 0 Å². The van der Waals surface area contributed by atoms with Crippen LogP contribution in [0.5, 0.6) is 5.75 Å². The summed E-state index contributed by atoms with van der Waals surface area (Å²) in [6, 6.07) is 23.3. The largest absolute Gasteiger partial charge is 0.494 e. The molecule has 1 heterocycles. The predicted octanol–water partition coefficient (Wildman–Crippen LogP) is 5.39. The first-order valence-corrected chi connectivity index (χ1v) is 10.5. The first-order valence-electron chi connectivity index (χ1n) is 9.56. The third kappa shape index (κ3) is 4.22. The van der Waals surface area contributed by atoms with E-state index in [2.05, 4.69) is 16.4 Å². The second kappa shape index (κ2) is 8.85. The number of amides is 1. The van der Waals surface area contributed by atoms with Gasteiger partial charge in [0.1, 0.15) is 16.8 Å². The molecule has 5 nitrogen and oxygen atoms in total. The van der Waals surface area contributed by atoms with Gasteiger partial charge in [0.15, 0.2) is 0 Å². The molecule has 0 unspecified atom stereocenters. The number of ether oxygens (including phenoxy) is 1. The molecule has 0 aliphatic carbocycles. The van der Waals surface area contributed by atoms with Crippen molar-refractivity contribution in [1.82, 2.24) is 4.98 Å². The van der Waals surface area contributed by atoms with E-state index in [1.807, 2.05) is 67.6 Å². The van der Waals surface area contributed by atoms with Gasteiger partial charge in [-0.1, -0.05) is 48.2 Å². The van der Waals surface area contributed by atoms with Gasteiger partial charge in [-0.05, 0) is 36.6 Å². The van der Waals surface area contributed by atoms with Crippen LogP contribution in [-0.4, -0.2) is 23.3 Å².